The van der Waals surface area contributed by atoms with E-state index < -0.39 is 0 Å². The maximum Gasteiger partial charge on any atom is 0.237 e. The first kappa shape index (κ1) is 11.0. The quantitative estimate of drug-likeness (QED) is 0.674. The lowest BCUT2D eigenvalue weighted by atomic mass is 10.1. The van der Waals surface area contributed by atoms with Gasteiger partial charge >= 0.3 is 0 Å². The molecule has 3 aromatic rings. The van der Waals surface area contributed by atoms with Gasteiger partial charge in [-0.2, -0.15) is 0 Å². The summed E-state index contributed by atoms with van der Waals surface area (Å²) in [5, 5.41) is 2.02. The molecule has 0 saturated carbocycles. The summed E-state index contributed by atoms with van der Waals surface area (Å²) in [4.78, 5) is 5.60. The van der Waals surface area contributed by atoms with Gasteiger partial charge in [0.15, 0.2) is 5.58 Å². The van der Waals surface area contributed by atoms with Crippen molar-refractivity contribution in [2.45, 2.75) is 13.3 Å². The lowest BCUT2D eigenvalue weighted by Gasteiger charge is -1.96. The smallest absolute Gasteiger partial charge is 0.237 e. The number of hydrogen-bond donors (Lipinski definition) is 0. The van der Waals surface area contributed by atoms with Gasteiger partial charge in [-0.3, -0.25) is 0 Å². The van der Waals surface area contributed by atoms with Gasteiger partial charge in [-0.05, 0) is 51.5 Å². The molecule has 0 atom stereocenters. The van der Waals surface area contributed by atoms with E-state index >= 15 is 0 Å². The number of oxazole rings is 1. The van der Waals surface area contributed by atoms with Crippen LogP contribution in [0.3, 0.4) is 0 Å². The van der Waals surface area contributed by atoms with Gasteiger partial charge in [-0.25, -0.2) is 4.98 Å². The van der Waals surface area contributed by atoms with Crippen molar-refractivity contribution in [2.75, 3.05) is 0 Å². The van der Waals surface area contributed by atoms with E-state index in [9.17, 15) is 0 Å². The first-order chi connectivity index (χ1) is 8.28. The SMILES string of the molecule is CCc1cc(Br)c2oc(-c3cccs3)nc2c1. The molecule has 86 valence electrons. The number of aryl methyl sites for hydroxylation is 1. The minimum absolute atomic E-state index is 0.698. The van der Waals surface area contributed by atoms with E-state index in [4.69, 9.17) is 4.42 Å². The molecule has 0 unspecified atom stereocenters. The predicted octanol–water partition coefficient (Wildman–Crippen LogP) is 4.88. The van der Waals surface area contributed by atoms with E-state index in [0.29, 0.717) is 5.89 Å². The molecule has 0 amide bonds. The highest BCUT2D eigenvalue weighted by Gasteiger charge is 2.12. The number of halogens is 1. The highest BCUT2D eigenvalue weighted by molar-refractivity contribution is 9.10. The van der Waals surface area contributed by atoms with E-state index in [1.165, 1.54) is 5.56 Å². The van der Waals surface area contributed by atoms with Gasteiger partial charge in [-0.1, -0.05) is 13.0 Å². The van der Waals surface area contributed by atoms with Crippen LogP contribution in [0.15, 0.2) is 38.5 Å². The van der Waals surface area contributed by atoms with Crippen LogP contribution in [0, 0.1) is 0 Å². The normalized spacial score (nSPS) is 11.2. The van der Waals surface area contributed by atoms with Crippen molar-refractivity contribution in [3.8, 4) is 10.8 Å². The van der Waals surface area contributed by atoms with Crippen LogP contribution in [0.5, 0.6) is 0 Å². The second-order valence-corrected chi connectivity index (χ2v) is 5.58. The predicted molar refractivity (Wildman–Crippen MR) is 74.4 cm³/mol. The zero-order valence-corrected chi connectivity index (χ0v) is 11.6. The summed E-state index contributed by atoms with van der Waals surface area (Å²) in [5.74, 6) is 0.698. The summed E-state index contributed by atoms with van der Waals surface area (Å²) in [7, 11) is 0. The van der Waals surface area contributed by atoms with Gasteiger partial charge in [0.25, 0.3) is 0 Å². The summed E-state index contributed by atoms with van der Waals surface area (Å²) in [6.07, 6.45) is 0.996. The topological polar surface area (TPSA) is 26.0 Å². The molecule has 1 aromatic carbocycles. The van der Waals surface area contributed by atoms with Crippen molar-refractivity contribution >= 4 is 38.4 Å². The van der Waals surface area contributed by atoms with Crippen LogP contribution in [0.2, 0.25) is 0 Å². The highest BCUT2D eigenvalue weighted by atomic mass is 79.9. The molecule has 0 spiro atoms. The fourth-order valence-corrected chi connectivity index (χ4v) is 2.98. The van der Waals surface area contributed by atoms with Crippen molar-refractivity contribution in [3.63, 3.8) is 0 Å². The molecule has 3 rings (SSSR count). The summed E-state index contributed by atoms with van der Waals surface area (Å²) < 4.78 is 6.77. The third-order valence-electron chi connectivity index (χ3n) is 2.64. The van der Waals surface area contributed by atoms with Crippen LogP contribution in [-0.2, 0) is 6.42 Å². The number of rotatable bonds is 2. The van der Waals surface area contributed by atoms with Crippen molar-refractivity contribution in [2.24, 2.45) is 0 Å². The van der Waals surface area contributed by atoms with Crippen molar-refractivity contribution in [1.29, 1.82) is 0 Å². The second-order valence-electron chi connectivity index (χ2n) is 3.78. The number of nitrogens with zero attached hydrogens (tertiary/aromatic N) is 1. The molecule has 0 N–H and O–H groups in total. The number of fused-ring (bicyclic) bond motifs is 1. The van der Waals surface area contributed by atoms with Crippen molar-refractivity contribution in [1.82, 2.24) is 4.98 Å². The average molecular weight is 308 g/mol. The summed E-state index contributed by atoms with van der Waals surface area (Å²) in [6.45, 7) is 2.13. The molecular weight excluding hydrogens is 298 g/mol. The molecule has 4 heteroatoms. The van der Waals surface area contributed by atoms with Crippen LogP contribution in [0.4, 0.5) is 0 Å². The maximum absolute atomic E-state index is 5.80. The molecule has 0 fully saturated rings. The average Bonchev–Trinajstić information content (AvgIpc) is 2.96. The zero-order chi connectivity index (χ0) is 11.8. The van der Waals surface area contributed by atoms with E-state index in [1.54, 1.807) is 11.3 Å². The van der Waals surface area contributed by atoms with Crippen LogP contribution in [-0.4, -0.2) is 4.98 Å². The Morgan fingerprint density at radius 1 is 1.41 bits per heavy atom. The fraction of sp³-hybridized carbons (Fsp3) is 0.154. The van der Waals surface area contributed by atoms with Crippen molar-refractivity contribution < 1.29 is 4.42 Å². The number of thiophene rings is 1. The standard InChI is InChI=1S/C13H10BrNOS/c1-2-8-6-9(14)12-10(7-8)15-13(16-12)11-4-3-5-17-11/h3-7H,2H2,1H3. The van der Waals surface area contributed by atoms with Gasteiger partial charge in [-0.15, -0.1) is 11.3 Å². The second kappa shape index (κ2) is 4.27. The van der Waals surface area contributed by atoms with E-state index in [-0.39, 0.29) is 0 Å². The molecule has 2 nitrogen and oxygen atoms in total. The molecule has 0 saturated heterocycles. The fourth-order valence-electron chi connectivity index (χ4n) is 1.76. The zero-order valence-electron chi connectivity index (χ0n) is 9.24. The van der Waals surface area contributed by atoms with Crippen LogP contribution in [0.25, 0.3) is 21.9 Å². The van der Waals surface area contributed by atoms with Crippen LogP contribution >= 0.6 is 27.3 Å². The number of hydrogen-bond acceptors (Lipinski definition) is 3. The Balaban J connectivity index is 2.22. The molecular formula is C13H10BrNOS. The van der Waals surface area contributed by atoms with Gasteiger partial charge in [0.05, 0.1) is 9.35 Å². The minimum atomic E-state index is 0.698. The largest absolute Gasteiger partial charge is 0.434 e. The minimum Gasteiger partial charge on any atom is -0.434 e. The van der Waals surface area contributed by atoms with Crippen molar-refractivity contribution in [3.05, 3.63) is 39.7 Å². The molecule has 0 aliphatic rings. The van der Waals surface area contributed by atoms with E-state index in [0.717, 1.165) is 26.9 Å². The monoisotopic (exact) mass is 307 g/mol. The molecule has 2 heterocycles. The third-order valence-corrected chi connectivity index (χ3v) is 4.09. The number of aromatic nitrogens is 1. The van der Waals surface area contributed by atoms with Gasteiger partial charge < -0.3 is 4.42 Å². The summed E-state index contributed by atoms with van der Waals surface area (Å²) in [6, 6.07) is 8.19. The van der Waals surface area contributed by atoms with E-state index in [1.807, 2.05) is 17.5 Å². The Kier molecular flexibility index (Phi) is 2.76. The Morgan fingerprint density at radius 2 is 2.29 bits per heavy atom. The lowest BCUT2D eigenvalue weighted by Crippen LogP contribution is -1.80. The highest BCUT2D eigenvalue weighted by Crippen LogP contribution is 2.32. The van der Waals surface area contributed by atoms with Crippen LogP contribution < -0.4 is 0 Å². The molecule has 17 heavy (non-hydrogen) atoms. The van der Waals surface area contributed by atoms with Gasteiger partial charge in [0, 0.05) is 0 Å². The maximum atomic E-state index is 5.80. The number of benzene rings is 1. The van der Waals surface area contributed by atoms with Gasteiger partial charge in [0.1, 0.15) is 5.52 Å². The first-order valence-electron chi connectivity index (χ1n) is 5.40. The van der Waals surface area contributed by atoms with Crippen LogP contribution in [0.1, 0.15) is 12.5 Å². The summed E-state index contributed by atoms with van der Waals surface area (Å²) >= 11 is 5.17. The first-order valence-corrected chi connectivity index (χ1v) is 7.08. The molecule has 2 aromatic heterocycles. The molecule has 0 bridgehead atoms. The molecule has 0 aliphatic carbocycles. The van der Waals surface area contributed by atoms with E-state index in [2.05, 4.69) is 40.0 Å². The lowest BCUT2D eigenvalue weighted by molar-refractivity contribution is 0.620. The van der Waals surface area contributed by atoms with Gasteiger partial charge in [0.2, 0.25) is 5.89 Å². The Morgan fingerprint density at radius 3 is 3.00 bits per heavy atom. The molecule has 0 radical (unpaired) electrons. The Hall–Kier alpha value is -1.13. The Bertz CT molecular complexity index is 657. The molecule has 0 aliphatic heterocycles. The Labute approximate surface area is 111 Å². The summed E-state index contributed by atoms with van der Waals surface area (Å²) in [5.41, 5.74) is 3.00. The third kappa shape index (κ3) is 1.91.